The van der Waals surface area contributed by atoms with E-state index in [1.165, 1.54) is 6.07 Å². The molecule has 0 N–H and O–H groups in total. The zero-order valence-electron chi connectivity index (χ0n) is 17.6. The molecule has 0 saturated carbocycles. The molecule has 0 radical (unpaired) electrons. The number of hydrogen-bond donors (Lipinski definition) is 0. The number of hydrogen-bond acceptors (Lipinski definition) is 5. The van der Waals surface area contributed by atoms with Crippen LogP contribution in [0, 0.1) is 22.7 Å². The molecule has 3 heterocycles. The van der Waals surface area contributed by atoms with Gasteiger partial charge in [-0.1, -0.05) is 0 Å². The van der Waals surface area contributed by atoms with Gasteiger partial charge in [0, 0.05) is 68.3 Å². The fourth-order valence-electron chi connectivity index (χ4n) is 4.93. The number of pyridine rings is 1. The van der Waals surface area contributed by atoms with Crippen LogP contribution < -0.4 is 4.90 Å². The second kappa shape index (κ2) is 8.43. The molecule has 2 aromatic rings. The lowest BCUT2D eigenvalue weighted by atomic mass is 9.73. The van der Waals surface area contributed by atoms with Crippen LogP contribution in [-0.2, 0) is 10.9 Å². The highest BCUT2D eigenvalue weighted by Gasteiger charge is 2.51. The van der Waals surface area contributed by atoms with E-state index in [0.717, 1.165) is 6.07 Å². The average Bonchev–Trinajstić information content (AvgIpc) is 3.17. The van der Waals surface area contributed by atoms with Gasteiger partial charge in [0.1, 0.15) is 0 Å². The van der Waals surface area contributed by atoms with E-state index in [2.05, 4.69) is 4.98 Å². The van der Waals surface area contributed by atoms with E-state index in [1.54, 1.807) is 43.8 Å². The second-order valence-corrected chi connectivity index (χ2v) is 8.45. The lowest BCUT2D eigenvalue weighted by Gasteiger charge is -2.44. The van der Waals surface area contributed by atoms with Crippen molar-refractivity contribution in [2.75, 3.05) is 44.8 Å². The summed E-state index contributed by atoms with van der Waals surface area (Å²) in [6.45, 7) is 2.57. The first-order chi connectivity index (χ1) is 15.3. The molecule has 2 aliphatic heterocycles. The molecule has 4 rings (SSSR count). The molecule has 2 atom stereocenters. The number of fused-ring (bicyclic) bond motifs is 1. The zero-order valence-corrected chi connectivity index (χ0v) is 17.6. The molecule has 2 aliphatic rings. The molecule has 9 heteroatoms. The fraction of sp³-hybridized carbons (Fsp3) is 0.435. The standard InChI is InChI=1S/C23H23F3N4O2/c1-32-15-22-6-9-29(19-3-2-17(11-27)20(10-19)23(24,25)26)12-18(22)13-30(14-22)21(31)16-4-7-28-8-5-16/h2-5,7-8,10,18H,6,9,12-15H2,1H3/t18-,22+/m1/s1. The van der Waals surface area contributed by atoms with Crippen molar-refractivity contribution in [3.63, 3.8) is 0 Å². The highest BCUT2D eigenvalue weighted by atomic mass is 19.4. The predicted molar refractivity (Wildman–Crippen MR) is 111 cm³/mol. The molecule has 1 aromatic heterocycles. The smallest absolute Gasteiger partial charge is 0.384 e. The van der Waals surface area contributed by atoms with E-state index in [9.17, 15) is 18.0 Å². The maximum Gasteiger partial charge on any atom is 0.417 e. The summed E-state index contributed by atoms with van der Waals surface area (Å²) in [4.78, 5) is 20.7. The van der Waals surface area contributed by atoms with Gasteiger partial charge >= 0.3 is 6.18 Å². The number of aromatic nitrogens is 1. The van der Waals surface area contributed by atoms with Gasteiger partial charge in [-0.25, -0.2) is 0 Å². The Morgan fingerprint density at radius 1 is 1.28 bits per heavy atom. The molecule has 6 nitrogen and oxygen atoms in total. The van der Waals surface area contributed by atoms with Gasteiger partial charge in [-0.3, -0.25) is 9.78 Å². The van der Waals surface area contributed by atoms with Crippen molar-refractivity contribution < 1.29 is 22.7 Å². The maximum absolute atomic E-state index is 13.4. The number of likely N-dealkylation sites (tertiary alicyclic amines) is 1. The number of halogens is 3. The number of amides is 1. The van der Waals surface area contributed by atoms with E-state index < -0.39 is 11.7 Å². The van der Waals surface area contributed by atoms with Crippen molar-refractivity contribution in [3.05, 3.63) is 59.4 Å². The molecule has 0 spiro atoms. The number of carbonyl (C=O) groups excluding carboxylic acids is 1. The Labute approximate surface area is 184 Å². The number of alkyl halides is 3. The minimum Gasteiger partial charge on any atom is -0.384 e. The number of rotatable bonds is 4. The molecule has 1 amide bonds. The van der Waals surface area contributed by atoms with Crippen molar-refractivity contribution in [2.24, 2.45) is 11.3 Å². The van der Waals surface area contributed by atoms with Crippen molar-refractivity contribution in [2.45, 2.75) is 12.6 Å². The Bertz CT molecular complexity index is 1040. The monoisotopic (exact) mass is 444 g/mol. The summed E-state index contributed by atoms with van der Waals surface area (Å²) >= 11 is 0. The van der Waals surface area contributed by atoms with Crippen molar-refractivity contribution in [1.29, 1.82) is 5.26 Å². The molecule has 168 valence electrons. The van der Waals surface area contributed by atoms with Gasteiger partial charge in [0.15, 0.2) is 0 Å². The highest BCUT2D eigenvalue weighted by Crippen LogP contribution is 2.45. The number of nitriles is 1. The van der Waals surface area contributed by atoms with Crippen LogP contribution in [-0.4, -0.2) is 55.7 Å². The molecule has 32 heavy (non-hydrogen) atoms. The largest absolute Gasteiger partial charge is 0.417 e. The van der Waals surface area contributed by atoms with Crippen LogP contribution in [0.1, 0.15) is 27.9 Å². The first-order valence-corrected chi connectivity index (χ1v) is 10.3. The van der Waals surface area contributed by atoms with Gasteiger partial charge in [0.05, 0.1) is 23.8 Å². The van der Waals surface area contributed by atoms with E-state index in [0.29, 0.717) is 50.5 Å². The van der Waals surface area contributed by atoms with Gasteiger partial charge < -0.3 is 14.5 Å². The van der Waals surface area contributed by atoms with E-state index in [-0.39, 0.29) is 22.8 Å². The van der Waals surface area contributed by atoms with Crippen LogP contribution in [0.15, 0.2) is 42.7 Å². The number of carbonyl (C=O) groups is 1. The third-order valence-electron chi connectivity index (χ3n) is 6.57. The van der Waals surface area contributed by atoms with Crippen LogP contribution >= 0.6 is 0 Å². The van der Waals surface area contributed by atoms with Crippen LogP contribution in [0.5, 0.6) is 0 Å². The Balaban J connectivity index is 1.58. The molecular formula is C23H23F3N4O2. The number of methoxy groups -OCH3 is 1. The normalized spacial score (nSPS) is 23.0. The van der Waals surface area contributed by atoms with Crippen LogP contribution in [0.2, 0.25) is 0 Å². The van der Waals surface area contributed by atoms with Crippen molar-refractivity contribution >= 4 is 11.6 Å². The number of piperidine rings is 1. The maximum atomic E-state index is 13.4. The topological polar surface area (TPSA) is 69.5 Å². The van der Waals surface area contributed by atoms with E-state index in [4.69, 9.17) is 10.00 Å². The van der Waals surface area contributed by atoms with E-state index >= 15 is 0 Å². The van der Waals surface area contributed by atoms with Gasteiger partial charge in [-0.15, -0.1) is 0 Å². The van der Waals surface area contributed by atoms with Crippen LogP contribution in [0.3, 0.4) is 0 Å². The first-order valence-electron chi connectivity index (χ1n) is 10.3. The third kappa shape index (κ3) is 4.02. The average molecular weight is 444 g/mol. The quantitative estimate of drug-likeness (QED) is 0.721. The highest BCUT2D eigenvalue weighted by molar-refractivity contribution is 5.94. The SMILES string of the molecule is COC[C@@]12CCN(c3ccc(C#N)c(C(F)(F)F)c3)C[C@@H]1CN(C(=O)c1ccncc1)C2. The zero-order chi connectivity index (χ0) is 22.9. The number of anilines is 1. The lowest BCUT2D eigenvalue weighted by Crippen LogP contribution is -2.49. The Hall–Kier alpha value is -3.12. The molecule has 1 aromatic carbocycles. The van der Waals surface area contributed by atoms with Gasteiger partial charge in [-0.2, -0.15) is 18.4 Å². The first kappa shape index (κ1) is 22.1. The van der Waals surface area contributed by atoms with Crippen LogP contribution in [0.4, 0.5) is 18.9 Å². The summed E-state index contributed by atoms with van der Waals surface area (Å²) in [6, 6.07) is 8.81. The summed E-state index contributed by atoms with van der Waals surface area (Å²) < 4.78 is 45.8. The van der Waals surface area contributed by atoms with Crippen LogP contribution in [0.25, 0.3) is 0 Å². The Morgan fingerprint density at radius 2 is 2.03 bits per heavy atom. The number of nitrogens with zero attached hydrogens (tertiary/aromatic N) is 4. The minimum absolute atomic E-state index is 0.0481. The van der Waals surface area contributed by atoms with Gasteiger partial charge in [0.2, 0.25) is 0 Å². The van der Waals surface area contributed by atoms with E-state index in [1.807, 2.05) is 9.80 Å². The predicted octanol–water partition coefficient (Wildman–Crippen LogP) is 3.59. The molecule has 0 aliphatic carbocycles. The van der Waals surface area contributed by atoms with Gasteiger partial charge in [-0.05, 0) is 36.8 Å². The van der Waals surface area contributed by atoms with Crippen molar-refractivity contribution in [1.82, 2.24) is 9.88 Å². The lowest BCUT2D eigenvalue weighted by molar-refractivity contribution is -0.137. The second-order valence-electron chi connectivity index (χ2n) is 8.45. The van der Waals surface area contributed by atoms with Crippen molar-refractivity contribution in [3.8, 4) is 6.07 Å². The molecule has 0 unspecified atom stereocenters. The molecule has 2 fully saturated rings. The fourth-order valence-corrected chi connectivity index (χ4v) is 4.93. The summed E-state index contributed by atoms with van der Waals surface area (Å²) in [7, 11) is 1.63. The molecule has 2 saturated heterocycles. The Kier molecular flexibility index (Phi) is 5.82. The number of benzene rings is 1. The summed E-state index contributed by atoms with van der Waals surface area (Å²) in [6.07, 6.45) is -0.761. The summed E-state index contributed by atoms with van der Waals surface area (Å²) in [5.41, 5.74) is -0.562. The molecule has 0 bridgehead atoms. The summed E-state index contributed by atoms with van der Waals surface area (Å²) in [5, 5.41) is 9.06. The number of ether oxygens (including phenoxy) is 1. The minimum atomic E-state index is -4.60. The Morgan fingerprint density at radius 3 is 2.69 bits per heavy atom. The van der Waals surface area contributed by atoms with Gasteiger partial charge in [0.25, 0.3) is 5.91 Å². The summed E-state index contributed by atoms with van der Waals surface area (Å²) in [5.74, 6) is -0.0338. The third-order valence-corrected chi connectivity index (χ3v) is 6.57. The molecular weight excluding hydrogens is 421 g/mol.